The number of rotatable bonds is 7. The largest absolute Gasteiger partial charge is 0.483 e. The van der Waals surface area contributed by atoms with Gasteiger partial charge in [-0.15, -0.1) is 0 Å². The smallest absolute Gasteiger partial charge is 0.258 e. The zero-order chi connectivity index (χ0) is 16.8. The second-order valence-electron chi connectivity index (χ2n) is 6.86. The molecule has 0 spiro atoms. The lowest BCUT2D eigenvalue weighted by Gasteiger charge is -2.21. The molecule has 2 N–H and O–H groups in total. The van der Waals surface area contributed by atoms with Crippen molar-refractivity contribution in [1.82, 2.24) is 10.6 Å². The maximum Gasteiger partial charge on any atom is 0.258 e. The Morgan fingerprint density at radius 1 is 1.32 bits per heavy atom. The third-order valence-corrected chi connectivity index (χ3v) is 3.00. The predicted octanol–water partition coefficient (Wildman–Crippen LogP) is 3.38. The topological polar surface area (TPSA) is 50.4 Å². The van der Waals surface area contributed by atoms with Crippen LogP contribution in [0.2, 0.25) is 5.02 Å². The molecule has 0 atom stereocenters. The monoisotopic (exact) mass is 326 g/mol. The molecule has 0 aliphatic carbocycles. The molecule has 0 radical (unpaired) electrons. The number of hydrogen-bond donors (Lipinski definition) is 2. The first-order valence-electron chi connectivity index (χ1n) is 7.60. The van der Waals surface area contributed by atoms with Gasteiger partial charge in [-0.3, -0.25) is 4.79 Å². The molecule has 0 fully saturated rings. The fourth-order valence-corrected chi connectivity index (χ4v) is 2.11. The van der Waals surface area contributed by atoms with Crippen molar-refractivity contribution in [2.75, 3.05) is 13.2 Å². The van der Waals surface area contributed by atoms with Crippen LogP contribution in [0.5, 0.6) is 5.75 Å². The number of carbonyl (C=O) groups is 1. The average molecular weight is 327 g/mol. The average Bonchev–Trinajstić information content (AvgIpc) is 2.35. The van der Waals surface area contributed by atoms with Gasteiger partial charge in [0.2, 0.25) is 0 Å². The molecular formula is C17H27ClN2O2. The zero-order valence-corrected chi connectivity index (χ0v) is 14.9. The molecule has 0 bridgehead atoms. The number of carbonyl (C=O) groups excluding carboxylic acids is 1. The summed E-state index contributed by atoms with van der Waals surface area (Å²) in [6, 6.07) is 5.44. The SMILES string of the molecule is CC(C)CNCc1cc(Cl)ccc1OCC(=O)NC(C)(C)C. The van der Waals surface area contributed by atoms with Crippen molar-refractivity contribution >= 4 is 17.5 Å². The molecule has 0 heterocycles. The summed E-state index contributed by atoms with van der Waals surface area (Å²) < 4.78 is 5.65. The molecule has 1 aromatic rings. The van der Waals surface area contributed by atoms with Gasteiger partial charge in [0.25, 0.3) is 5.91 Å². The van der Waals surface area contributed by atoms with Gasteiger partial charge < -0.3 is 15.4 Å². The van der Waals surface area contributed by atoms with Crippen LogP contribution in [0.1, 0.15) is 40.2 Å². The Kier molecular flexibility index (Phi) is 7.17. The van der Waals surface area contributed by atoms with Crippen LogP contribution in [0.4, 0.5) is 0 Å². The van der Waals surface area contributed by atoms with Gasteiger partial charge in [-0.25, -0.2) is 0 Å². The molecular weight excluding hydrogens is 300 g/mol. The van der Waals surface area contributed by atoms with Gasteiger partial charge in [0.15, 0.2) is 6.61 Å². The molecule has 0 aromatic heterocycles. The van der Waals surface area contributed by atoms with Crippen molar-refractivity contribution in [3.8, 4) is 5.75 Å². The second-order valence-corrected chi connectivity index (χ2v) is 7.30. The fraction of sp³-hybridized carbons (Fsp3) is 0.588. The van der Waals surface area contributed by atoms with E-state index >= 15 is 0 Å². The van der Waals surface area contributed by atoms with Crippen molar-refractivity contribution in [3.63, 3.8) is 0 Å². The van der Waals surface area contributed by atoms with Crippen LogP contribution in [-0.4, -0.2) is 24.6 Å². The van der Waals surface area contributed by atoms with Crippen molar-refractivity contribution < 1.29 is 9.53 Å². The quantitative estimate of drug-likeness (QED) is 0.807. The van der Waals surface area contributed by atoms with E-state index in [0.717, 1.165) is 12.1 Å². The fourth-order valence-electron chi connectivity index (χ4n) is 1.92. The number of halogens is 1. The molecule has 0 saturated carbocycles. The highest BCUT2D eigenvalue weighted by Gasteiger charge is 2.14. The molecule has 1 amide bonds. The van der Waals surface area contributed by atoms with Crippen molar-refractivity contribution in [1.29, 1.82) is 0 Å². The van der Waals surface area contributed by atoms with Crippen molar-refractivity contribution in [2.45, 2.75) is 46.7 Å². The van der Waals surface area contributed by atoms with Crippen LogP contribution in [0, 0.1) is 5.92 Å². The number of amides is 1. The van der Waals surface area contributed by atoms with E-state index in [2.05, 4.69) is 24.5 Å². The normalized spacial score (nSPS) is 11.6. The lowest BCUT2D eigenvalue weighted by atomic mass is 10.1. The highest BCUT2D eigenvalue weighted by atomic mass is 35.5. The third kappa shape index (κ3) is 7.66. The lowest BCUT2D eigenvalue weighted by molar-refractivity contribution is -0.124. The molecule has 0 saturated heterocycles. The minimum absolute atomic E-state index is 0.00389. The standard InChI is InChI=1S/C17H27ClN2O2/c1-12(2)9-19-10-13-8-14(18)6-7-15(13)22-11-16(21)20-17(3,4)5/h6-8,12,19H,9-11H2,1-5H3,(H,20,21). The van der Waals surface area contributed by atoms with Crippen molar-refractivity contribution in [3.05, 3.63) is 28.8 Å². The first-order chi connectivity index (χ1) is 10.2. The summed E-state index contributed by atoms with van der Waals surface area (Å²) in [5, 5.41) is 6.89. The summed E-state index contributed by atoms with van der Waals surface area (Å²) in [5.41, 5.74) is 0.693. The number of ether oxygens (including phenoxy) is 1. The maximum atomic E-state index is 11.8. The second kappa shape index (κ2) is 8.39. The Bertz CT molecular complexity index is 496. The first-order valence-corrected chi connectivity index (χ1v) is 7.98. The first kappa shape index (κ1) is 18.8. The predicted molar refractivity (Wildman–Crippen MR) is 91.4 cm³/mol. The van der Waals surface area contributed by atoms with Gasteiger partial charge in [0, 0.05) is 22.7 Å². The summed E-state index contributed by atoms with van der Waals surface area (Å²) in [7, 11) is 0. The molecule has 4 nitrogen and oxygen atoms in total. The highest BCUT2D eigenvalue weighted by molar-refractivity contribution is 6.30. The Morgan fingerprint density at radius 2 is 2.00 bits per heavy atom. The minimum Gasteiger partial charge on any atom is -0.483 e. The van der Waals surface area contributed by atoms with Gasteiger partial charge >= 0.3 is 0 Å². The van der Waals surface area contributed by atoms with Crippen LogP contribution in [0.15, 0.2) is 18.2 Å². The molecule has 0 unspecified atom stereocenters. The van der Waals surface area contributed by atoms with Gasteiger partial charge in [-0.2, -0.15) is 0 Å². The molecule has 22 heavy (non-hydrogen) atoms. The third-order valence-electron chi connectivity index (χ3n) is 2.76. The molecule has 0 aliphatic rings. The lowest BCUT2D eigenvalue weighted by Crippen LogP contribution is -2.43. The van der Waals surface area contributed by atoms with E-state index in [1.165, 1.54) is 0 Å². The Morgan fingerprint density at radius 3 is 2.59 bits per heavy atom. The van der Waals surface area contributed by atoms with Crippen LogP contribution in [0.25, 0.3) is 0 Å². The van der Waals surface area contributed by atoms with Gasteiger partial charge in [0.1, 0.15) is 5.75 Å². The minimum atomic E-state index is -0.262. The molecule has 5 heteroatoms. The van der Waals surface area contributed by atoms with Gasteiger partial charge in [-0.05, 0) is 51.4 Å². The summed E-state index contributed by atoms with van der Waals surface area (Å²) >= 11 is 6.05. The Labute approximate surface area is 138 Å². The highest BCUT2D eigenvalue weighted by Crippen LogP contribution is 2.23. The summed E-state index contributed by atoms with van der Waals surface area (Å²) in [6.07, 6.45) is 0. The molecule has 1 aromatic carbocycles. The van der Waals surface area contributed by atoms with Crippen LogP contribution in [-0.2, 0) is 11.3 Å². The molecule has 0 aliphatic heterocycles. The van der Waals surface area contributed by atoms with E-state index in [1.54, 1.807) is 12.1 Å². The van der Waals surface area contributed by atoms with Gasteiger partial charge in [-0.1, -0.05) is 25.4 Å². The van der Waals surface area contributed by atoms with Crippen LogP contribution >= 0.6 is 11.6 Å². The molecule has 124 valence electrons. The van der Waals surface area contributed by atoms with Crippen LogP contribution in [0.3, 0.4) is 0 Å². The van der Waals surface area contributed by atoms with Crippen LogP contribution < -0.4 is 15.4 Å². The summed E-state index contributed by atoms with van der Waals surface area (Å²) in [6.45, 7) is 11.7. The number of nitrogens with one attached hydrogen (secondary N) is 2. The van der Waals surface area contributed by atoms with E-state index in [-0.39, 0.29) is 18.1 Å². The van der Waals surface area contributed by atoms with E-state index < -0.39 is 0 Å². The van der Waals surface area contributed by atoms with Crippen molar-refractivity contribution in [2.24, 2.45) is 5.92 Å². The Balaban J connectivity index is 2.63. The number of benzene rings is 1. The molecule has 1 rings (SSSR count). The van der Waals surface area contributed by atoms with E-state index in [9.17, 15) is 4.79 Å². The zero-order valence-electron chi connectivity index (χ0n) is 14.1. The maximum absolute atomic E-state index is 11.8. The van der Waals surface area contributed by atoms with E-state index in [1.807, 2.05) is 26.8 Å². The van der Waals surface area contributed by atoms with E-state index in [4.69, 9.17) is 16.3 Å². The Hall–Kier alpha value is -1.26. The van der Waals surface area contributed by atoms with Gasteiger partial charge in [0.05, 0.1) is 0 Å². The number of hydrogen-bond acceptors (Lipinski definition) is 3. The summed E-state index contributed by atoms with van der Waals surface area (Å²) in [5.74, 6) is 1.12. The summed E-state index contributed by atoms with van der Waals surface area (Å²) in [4.78, 5) is 11.8. The van der Waals surface area contributed by atoms with E-state index in [0.29, 0.717) is 23.2 Å².